The van der Waals surface area contributed by atoms with Crippen LogP contribution in [0.5, 0.6) is 0 Å². The molecule has 0 saturated carbocycles. The van der Waals surface area contributed by atoms with Crippen LogP contribution in [0.1, 0.15) is 28.8 Å². The number of thioether (sulfide) groups is 1. The summed E-state index contributed by atoms with van der Waals surface area (Å²) in [6, 6.07) is 4.70. The fourth-order valence-corrected chi connectivity index (χ4v) is 2.98. The normalized spacial score (nSPS) is 11.5. The number of aryl methyl sites for hydroxylation is 1. The molecule has 146 valence electrons. The van der Waals surface area contributed by atoms with E-state index in [9.17, 15) is 22.8 Å². The summed E-state index contributed by atoms with van der Waals surface area (Å²) in [5.41, 5.74) is 0.658. The van der Waals surface area contributed by atoms with Gasteiger partial charge >= 0.3 is 6.18 Å². The van der Waals surface area contributed by atoms with Crippen LogP contribution in [0.15, 0.2) is 34.2 Å². The second-order valence-corrected chi connectivity index (χ2v) is 6.88. The number of halogens is 3. The summed E-state index contributed by atoms with van der Waals surface area (Å²) in [5.74, 6) is -0.206. The summed E-state index contributed by atoms with van der Waals surface area (Å²) >= 11 is 1.33. The van der Waals surface area contributed by atoms with Crippen molar-refractivity contribution in [3.8, 4) is 0 Å². The second kappa shape index (κ2) is 8.60. The van der Waals surface area contributed by atoms with E-state index in [1.807, 2.05) is 0 Å². The molecule has 2 aromatic rings. The minimum atomic E-state index is -4.38. The first-order valence-electron chi connectivity index (χ1n) is 8.15. The zero-order valence-corrected chi connectivity index (χ0v) is 16.0. The molecule has 27 heavy (non-hydrogen) atoms. The number of H-pyrrole nitrogens is 1. The lowest BCUT2D eigenvalue weighted by atomic mass is 10.1. The summed E-state index contributed by atoms with van der Waals surface area (Å²) in [5, 5.41) is 0.520. The second-order valence-electron chi connectivity index (χ2n) is 6.08. The number of hydrogen-bond donors (Lipinski definition) is 1. The van der Waals surface area contributed by atoms with Gasteiger partial charge in [0, 0.05) is 31.3 Å². The van der Waals surface area contributed by atoms with Crippen molar-refractivity contribution in [2.45, 2.75) is 37.6 Å². The number of nitrogens with one attached hydrogen (secondary N) is 1. The van der Waals surface area contributed by atoms with Crippen LogP contribution in [0.25, 0.3) is 0 Å². The topological polar surface area (TPSA) is 66.1 Å². The number of nitrogens with zero attached hydrogens (tertiary/aromatic N) is 2. The molecule has 0 bridgehead atoms. The van der Waals surface area contributed by atoms with Crippen molar-refractivity contribution in [2.24, 2.45) is 0 Å². The Kier molecular flexibility index (Phi) is 6.69. The molecule has 9 heteroatoms. The van der Waals surface area contributed by atoms with Crippen molar-refractivity contribution in [3.63, 3.8) is 0 Å². The highest BCUT2D eigenvalue weighted by molar-refractivity contribution is 7.98. The number of rotatable bonds is 6. The Hall–Kier alpha value is -2.29. The quantitative estimate of drug-likeness (QED) is 0.597. The van der Waals surface area contributed by atoms with Gasteiger partial charge in [0.2, 0.25) is 5.91 Å². The third-order valence-corrected chi connectivity index (χ3v) is 4.69. The van der Waals surface area contributed by atoms with E-state index in [1.165, 1.54) is 28.8 Å². The molecule has 1 N–H and O–H groups in total. The molecule has 0 atom stereocenters. The van der Waals surface area contributed by atoms with Gasteiger partial charge in [0.15, 0.2) is 5.16 Å². The fourth-order valence-electron chi connectivity index (χ4n) is 2.56. The Bertz CT molecular complexity index is 864. The summed E-state index contributed by atoms with van der Waals surface area (Å²) < 4.78 is 37.8. The van der Waals surface area contributed by atoms with Gasteiger partial charge in [0.25, 0.3) is 5.56 Å². The fraction of sp³-hybridized carbons (Fsp3) is 0.389. The Morgan fingerprint density at radius 1 is 1.26 bits per heavy atom. The largest absolute Gasteiger partial charge is 0.416 e. The lowest BCUT2D eigenvalue weighted by Gasteiger charge is -2.18. The maximum Gasteiger partial charge on any atom is 0.416 e. The van der Waals surface area contributed by atoms with Crippen LogP contribution in [-0.4, -0.2) is 34.1 Å². The molecule has 2 rings (SSSR count). The van der Waals surface area contributed by atoms with Crippen molar-refractivity contribution < 1.29 is 18.0 Å². The van der Waals surface area contributed by atoms with Crippen LogP contribution in [0.3, 0.4) is 0 Å². The van der Waals surface area contributed by atoms with E-state index in [-0.39, 0.29) is 30.9 Å². The predicted molar refractivity (Wildman–Crippen MR) is 97.6 cm³/mol. The van der Waals surface area contributed by atoms with E-state index in [2.05, 4.69) is 9.97 Å². The van der Waals surface area contributed by atoms with Crippen molar-refractivity contribution >= 4 is 17.7 Å². The van der Waals surface area contributed by atoms with Crippen LogP contribution in [0, 0.1) is 6.92 Å². The lowest BCUT2D eigenvalue weighted by Crippen LogP contribution is -2.27. The van der Waals surface area contributed by atoms with Gasteiger partial charge in [-0.2, -0.15) is 13.2 Å². The van der Waals surface area contributed by atoms with Crippen LogP contribution in [0.4, 0.5) is 13.2 Å². The summed E-state index contributed by atoms with van der Waals surface area (Å²) in [7, 11) is 1.58. The van der Waals surface area contributed by atoms with Gasteiger partial charge < -0.3 is 9.88 Å². The summed E-state index contributed by atoms with van der Waals surface area (Å²) in [6.45, 7) is 1.91. The van der Waals surface area contributed by atoms with Crippen LogP contribution in [-0.2, 0) is 23.9 Å². The molecule has 0 unspecified atom stereocenters. The summed E-state index contributed by atoms with van der Waals surface area (Å²) in [4.78, 5) is 32.7. The van der Waals surface area contributed by atoms with E-state index in [0.717, 1.165) is 12.1 Å². The molecule has 1 aromatic carbocycles. The van der Waals surface area contributed by atoms with E-state index in [4.69, 9.17) is 0 Å². The lowest BCUT2D eigenvalue weighted by molar-refractivity contribution is -0.137. The van der Waals surface area contributed by atoms with Gasteiger partial charge in [-0.3, -0.25) is 9.59 Å². The van der Waals surface area contributed by atoms with Crippen LogP contribution in [0.2, 0.25) is 0 Å². The predicted octanol–water partition coefficient (Wildman–Crippen LogP) is 3.41. The molecule has 5 nitrogen and oxygen atoms in total. The molecular weight excluding hydrogens is 379 g/mol. The number of amides is 1. The van der Waals surface area contributed by atoms with E-state index in [0.29, 0.717) is 22.0 Å². The van der Waals surface area contributed by atoms with Gasteiger partial charge in [-0.05, 0) is 37.3 Å². The molecule has 0 radical (unpaired) electrons. The number of alkyl halides is 3. The average molecular weight is 399 g/mol. The molecule has 1 heterocycles. The number of carbonyl (C=O) groups excluding carboxylic acids is 1. The molecular formula is C18H20F3N3O2S. The standard InChI is InChI=1S/C18H20F3N3O2S/c1-11-14(16(26)23-17(22-11)27-3)8-9-15(25)24(2)10-12-4-6-13(7-5-12)18(19,20)21/h4-7H,8-10H2,1-3H3,(H,22,23,26). The molecule has 0 saturated heterocycles. The average Bonchev–Trinajstić information content (AvgIpc) is 2.60. The minimum Gasteiger partial charge on any atom is -0.341 e. The Morgan fingerprint density at radius 2 is 1.89 bits per heavy atom. The van der Waals surface area contributed by atoms with Crippen molar-refractivity contribution in [3.05, 3.63) is 57.0 Å². The smallest absolute Gasteiger partial charge is 0.341 e. The highest BCUT2D eigenvalue weighted by atomic mass is 32.2. The Balaban J connectivity index is 1.97. The van der Waals surface area contributed by atoms with Gasteiger partial charge in [-0.15, -0.1) is 0 Å². The van der Waals surface area contributed by atoms with E-state index in [1.54, 1.807) is 20.2 Å². The van der Waals surface area contributed by atoms with Gasteiger partial charge in [-0.1, -0.05) is 23.9 Å². The van der Waals surface area contributed by atoms with Crippen molar-refractivity contribution in [1.82, 2.24) is 14.9 Å². The zero-order valence-electron chi connectivity index (χ0n) is 15.2. The van der Waals surface area contributed by atoms with Gasteiger partial charge in [0.05, 0.1) is 5.56 Å². The molecule has 0 fully saturated rings. The maximum atomic E-state index is 12.6. The molecule has 1 amide bonds. The summed E-state index contributed by atoms with van der Waals surface area (Å²) in [6.07, 6.45) is -2.22. The highest BCUT2D eigenvalue weighted by Crippen LogP contribution is 2.29. The Morgan fingerprint density at radius 3 is 2.41 bits per heavy atom. The zero-order chi connectivity index (χ0) is 20.2. The molecule has 0 aliphatic heterocycles. The van der Waals surface area contributed by atoms with Gasteiger partial charge in [-0.25, -0.2) is 4.98 Å². The number of hydrogen-bond acceptors (Lipinski definition) is 4. The molecule has 0 aliphatic rings. The number of aromatic amines is 1. The van der Waals surface area contributed by atoms with Crippen molar-refractivity contribution in [2.75, 3.05) is 13.3 Å². The Labute approximate surface area is 159 Å². The molecule has 1 aromatic heterocycles. The van der Waals surface area contributed by atoms with Gasteiger partial charge in [0.1, 0.15) is 0 Å². The molecule has 0 aliphatic carbocycles. The first kappa shape index (κ1) is 21.0. The number of benzene rings is 1. The first-order chi connectivity index (χ1) is 12.6. The maximum absolute atomic E-state index is 12.6. The third kappa shape index (κ3) is 5.59. The van der Waals surface area contributed by atoms with Crippen LogP contribution < -0.4 is 5.56 Å². The SMILES string of the molecule is CSc1nc(C)c(CCC(=O)N(C)Cc2ccc(C(F)(F)F)cc2)c(=O)[nH]1. The van der Waals surface area contributed by atoms with Crippen LogP contribution >= 0.6 is 11.8 Å². The van der Waals surface area contributed by atoms with Crippen molar-refractivity contribution in [1.29, 1.82) is 0 Å². The highest BCUT2D eigenvalue weighted by Gasteiger charge is 2.30. The van der Waals surface area contributed by atoms with E-state index >= 15 is 0 Å². The minimum absolute atomic E-state index is 0.112. The number of aromatic nitrogens is 2. The third-order valence-electron chi connectivity index (χ3n) is 4.11. The number of carbonyl (C=O) groups is 1. The monoisotopic (exact) mass is 399 g/mol. The molecule has 0 spiro atoms. The first-order valence-corrected chi connectivity index (χ1v) is 9.38. The van der Waals surface area contributed by atoms with E-state index < -0.39 is 11.7 Å².